The molecule has 2 nitrogen and oxygen atoms in total. The normalized spacial score (nSPS) is 15.8. The number of hydrogen-bond acceptors (Lipinski definition) is 3. The average Bonchev–Trinajstić information content (AvgIpc) is 3.05. The van der Waals surface area contributed by atoms with E-state index < -0.39 is 0 Å². The van der Waals surface area contributed by atoms with Crippen molar-refractivity contribution in [3.8, 4) is 16.3 Å². The summed E-state index contributed by atoms with van der Waals surface area (Å²) in [6.07, 6.45) is 6.67. The Labute approximate surface area is 141 Å². The molecule has 0 saturated heterocycles. The highest BCUT2D eigenvalue weighted by atomic mass is 32.1. The van der Waals surface area contributed by atoms with E-state index in [1.807, 2.05) is 24.3 Å². The molecular formula is C20H20NOS. The van der Waals surface area contributed by atoms with E-state index in [0.717, 1.165) is 28.4 Å². The average molecular weight is 322 g/mol. The van der Waals surface area contributed by atoms with Gasteiger partial charge in [0.1, 0.15) is 10.8 Å². The Kier molecular flexibility index (Phi) is 4.29. The van der Waals surface area contributed by atoms with Gasteiger partial charge in [-0.15, -0.1) is 11.3 Å². The maximum absolute atomic E-state index is 6.16. The summed E-state index contributed by atoms with van der Waals surface area (Å²) in [5.41, 5.74) is 2.03. The van der Waals surface area contributed by atoms with Crippen LogP contribution in [0.5, 0.6) is 5.75 Å². The van der Waals surface area contributed by atoms with Gasteiger partial charge in [0.25, 0.3) is 0 Å². The molecule has 1 aromatic heterocycles. The lowest BCUT2D eigenvalue weighted by atomic mass is 9.90. The van der Waals surface area contributed by atoms with E-state index in [4.69, 9.17) is 9.72 Å². The zero-order valence-corrected chi connectivity index (χ0v) is 13.9. The summed E-state index contributed by atoms with van der Waals surface area (Å²) in [5, 5.41) is 0.991. The lowest BCUT2D eigenvalue weighted by Crippen LogP contribution is -2.15. The first-order chi connectivity index (χ1) is 11.4. The predicted octanol–water partition coefficient (Wildman–Crippen LogP) is 5.72. The van der Waals surface area contributed by atoms with Gasteiger partial charge in [0.05, 0.1) is 22.4 Å². The molecule has 1 aliphatic carbocycles. The number of ether oxygens (including phenoxy) is 1. The van der Waals surface area contributed by atoms with Crippen molar-refractivity contribution >= 4 is 21.6 Å². The Bertz CT molecular complexity index is 756. The molecule has 1 fully saturated rings. The van der Waals surface area contributed by atoms with Crippen LogP contribution in [-0.2, 0) is 0 Å². The fourth-order valence-corrected chi connectivity index (χ4v) is 4.23. The van der Waals surface area contributed by atoms with Gasteiger partial charge in [-0.2, -0.15) is 0 Å². The van der Waals surface area contributed by atoms with Gasteiger partial charge < -0.3 is 4.74 Å². The van der Waals surface area contributed by atoms with Gasteiger partial charge in [0.2, 0.25) is 0 Å². The molecule has 23 heavy (non-hydrogen) atoms. The van der Waals surface area contributed by atoms with Crippen LogP contribution >= 0.6 is 11.3 Å². The number of benzene rings is 2. The van der Waals surface area contributed by atoms with Crippen LogP contribution in [0.4, 0.5) is 0 Å². The smallest absolute Gasteiger partial charge is 0.130 e. The van der Waals surface area contributed by atoms with E-state index in [9.17, 15) is 0 Å². The summed E-state index contributed by atoms with van der Waals surface area (Å²) in [7, 11) is 0. The fraction of sp³-hybridized carbons (Fsp3) is 0.350. The maximum Gasteiger partial charge on any atom is 0.130 e. The molecule has 0 atom stereocenters. The van der Waals surface area contributed by atoms with Crippen LogP contribution in [0.2, 0.25) is 0 Å². The maximum atomic E-state index is 6.16. The molecule has 0 unspecified atom stereocenters. The molecule has 0 bridgehead atoms. The number of thiazole rings is 1. The van der Waals surface area contributed by atoms with Crippen LogP contribution in [0.1, 0.15) is 32.1 Å². The van der Waals surface area contributed by atoms with Crippen molar-refractivity contribution < 1.29 is 4.74 Å². The van der Waals surface area contributed by atoms with Crippen LogP contribution in [0.25, 0.3) is 20.8 Å². The van der Waals surface area contributed by atoms with Gasteiger partial charge >= 0.3 is 0 Å². The molecule has 2 aromatic carbocycles. The van der Waals surface area contributed by atoms with Crippen molar-refractivity contribution in [3.63, 3.8) is 0 Å². The molecule has 1 heterocycles. The van der Waals surface area contributed by atoms with E-state index in [1.165, 1.54) is 36.8 Å². The number of aromatic nitrogens is 1. The molecule has 1 aliphatic rings. The first kappa shape index (κ1) is 14.7. The number of rotatable bonds is 4. The zero-order valence-electron chi connectivity index (χ0n) is 13.1. The Morgan fingerprint density at radius 1 is 1.09 bits per heavy atom. The Hall–Kier alpha value is -1.87. The highest BCUT2D eigenvalue weighted by Gasteiger charge is 2.16. The molecule has 0 N–H and O–H groups in total. The second-order valence-electron chi connectivity index (χ2n) is 6.21. The van der Waals surface area contributed by atoms with E-state index in [1.54, 1.807) is 11.3 Å². The molecular weight excluding hydrogens is 302 g/mol. The van der Waals surface area contributed by atoms with E-state index in [2.05, 4.69) is 24.3 Å². The van der Waals surface area contributed by atoms with E-state index in [0.29, 0.717) is 5.92 Å². The van der Waals surface area contributed by atoms with Crippen LogP contribution in [0, 0.1) is 12.0 Å². The summed E-state index contributed by atoms with van der Waals surface area (Å²) >= 11 is 1.70. The molecule has 0 aliphatic heterocycles. The summed E-state index contributed by atoms with van der Waals surface area (Å²) in [5.74, 6) is 1.62. The van der Waals surface area contributed by atoms with Crippen LogP contribution in [0.3, 0.4) is 0 Å². The third-order valence-electron chi connectivity index (χ3n) is 4.52. The summed E-state index contributed by atoms with van der Waals surface area (Å²) in [4.78, 5) is 4.75. The Balaban J connectivity index is 1.58. The van der Waals surface area contributed by atoms with E-state index >= 15 is 0 Å². The predicted molar refractivity (Wildman–Crippen MR) is 96.0 cm³/mol. The van der Waals surface area contributed by atoms with Crippen molar-refractivity contribution in [1.82, 2.24) is 4.98 Å². The van der Waals surface area contributed by atoms with Gasteiger partial charge in [0.15, 0.2) is 0 Å². The highest BCUT2D eigenvalue weighted by Crippen LogP contribution is 2.36. The molecule has 1 saturated carbocycles. The fourth-order valence-electron chi connectivity index (χ4n) is 3.25. The van der Waals surface area contributed by atoms with Crippen molar-refractivity contribution in [1.29, 1.82) is 0 Å². The van der Waals surface area contributed by atoms with Gasteiger partial charge in [-0.05, 0) is 43.0 Å². The molecule has 0 amide bonds. The van der Waals surface area contributed by atoms with E-state index in [-0.39, 0.29) is 0 Å². The van der Waals surface area contributed by atoms with Crippen LogP contribution in [-0.4, -0.2) is 11.6 Å². The monoisotopic (exact) mass is 322 g/mol. The number of para-hydroxylation sites is 1. The second-order valence-corrected chi connectivity index (χ2v) is 7.24. The van der Waals surface area contributed by atoms with Gasteiger partial charge in [-0.1, -0.05) is 43.5 Å². The third kappa shape index (κ3) is 3.25. The molecule has 0 spiro atoms. The lowest BCUT2D eigenvalue weighted by molar-refractivity contribution is 0.209. The first-order valence-corrected chi connectivity index (χ1v) is 9.21. The quantitative estimate of drug-likeness (QED) is 0.612. The standard InChI is InChI=1S/C20H20NOS/c1-2-8-15(9-3-1)14-22-18-12-6-4-10-16(18)20-21-17-11-5-7-13-19(17)23-20/h4-7,11-13,15H,1-3,8-9,14H2. The minimum absolute atomic E-state index is 0.701. The number of hydrogen-bond donors (Lipinski definition) is 0. The third-order valence-corrected chi connectivity index (χ3v) is 5.58. The van der Waals surface area contributed by atoms with Crippen molar-refractivity contribution in [2.45, 2.75) is 32.1 Å². The van der Waals surface area contributed by atoms with Crippen molar-refractivity contribution in [2.75, 3.05) is 6.61 Å². The van der Waals surface area contributed by atoms with Gasteiger partial charge in [-0.3, -0.25) is 0 Å². The summed E-state index contributed by atoms with van der Waals surface area (Å²) in [6, 6.07) is 17.6. The molecule has 117 valence electrons. The second kappa shape index (κ2) is 6.71. The van der Waals surface area contributed by atoms with Crippen molar-refractivity contribution in [2.24, 2.45) is 5.92 Å². The molecule has 3 heteroatoms. The lowest BCUT2D eigenvalue weighted by Gasteiger charge is -2.22. The molecule has 3 aromatic rings. The summed E-state index contributed by atoms with van der Waals surface area (Å²) in [6.45, 7) is 0.815. The topological polar surface area (TPSA) is 22.1 Å². The van der Waals surface area contributed by atoms with Gasteiger partial charge in [0, 0.05) is 0 Å². The highest BCUT2D eigenvalue weighted by molar-refractivity contribution is 7.21. The SMILES string of the molecule is [c]1cccc(OCC2CCCCC2)c1-c1nc2ccccc2s1. The van der Waals surface area contributed by atoms with Gasteiger partial charge in [-0.25, -0.2) is 4.98 Å². The minimum Gasteiger partial charge on any atom is -0.493 e. The van der Waals surface area contributed by atoms with Crippen LogP contribution in [0.15, 0.2) is 42.5 Å². The molecule has 1 radical (unpaired) electrons. The number of nitrogens with zero attached hydrogens (tertiary/aromatic N) is 1. The van der Waals surface area contributed by atoms with Crippen LogP contribution < -0.4 is 4.74 Å². The van der Waals surface area contributed by atoms with Crippen molar-refractivity contribution in [3.05, 3.63) is 48.5 Å². The number of fused-ring (bicyclic) bond motifs is 1. The molecule has 4 rings (SSSR count). The summed E-state index contributed by atoms with van der Waals surface area (Å²) < 4.78 is 7.37. The minimum atomic E-state index is 0.701. The zero-order chi connectivity index (χ0) is 15.5. The Morgan fingerprint density at radius 3 is 2.83 bits per heavy atom. The Morgan fingerprint density at radius 2 is 1.96 bits per heavy atom. The first-order valence-electron chi connectivity index (χ1n) is 8.39. The largest absolute Gasteiger partial charge is 0.493 e.